The van der Waals surface area contributed by atoms with Gasteiger partial charge in [0.15, 0.2) is 0 Å². The zero-order valence-corrected chi connectivity index (χ0v) is 10.4. The smallest absolute Gasteiger partial charge is 0.234 e. The van der Waals surface area contributed by atoms with Gasteiger partial charge in [-0.15, -0.1) is 0 Å². The Hall–Kier alpha value is -1.06. The first-order chi connectivity index (χ1) is 7.63. The van der Waals surface area contributed by atoms with Crippen LogP contribution in [0.15, 0.2) is 24.3 Å². The van der Waals surface area contributed by atoms with Gasteiger partial charge in [0.25, 0.3) is 0 Å². The molecule has 0 aliphatic heterocycles. The van der Waals surface area contributed by atoms with Crippen molar-refractivity contribution in [3.05, 3.63) is 34.9 Å². The van der Waals surface area contributed by atoms with Crippen molar-refractivity contribution in [1.82, 2.24) is 10.2 Å². The van der Waals surface area contributed by atoms with Crippen LogP contribution in [0, 0.1) is 0 Å². The molecule has 0 saturated carbocycles. The summed E-state index contributed by atoms with van der Waals surface area (Å²) in [6.45, 7) is 3.64. The standard InChI is InChI=1S/C12H17ClN2O/c1-3-14-12(16)9-15(2)8-10-6-4-5-7-11(10)13/h4-7H,3,8-9H2,1-2H3,(H,14,16). The van der Waals surface area contributed by atoms with E-state index in [0.717, 1.165) is 10.6 Å². The van der Waals surface area contributed by atoms with E-state index in [-0.39, 0.29) is 5.91 Å². The minimum Gasteiger partial charge on any atom is -0.355 e. The Labute approximate surface area is 101 Å². The molecule has 0 spiro atoms. The summed E-state index contributed by atoms with van der Waals surface area (Å²) in [6.07, 6.45) is 0. The average Bonchev–Trinajstić information content (AvgIpc) is 2.21. The summed E-state index contributed by atoms with van der Waals surface area (Å²) >= 11 is 6.04. The molecular formula is C12H17ClN2O. The Morgan fingerprint density at radius 3 is 2.75 bits per heavy atom. The highest BCUT2D eigenvalue weighted by atomic mass is 35.5. The summed E-state index contributed by atoms with van der Waals surface area (Å²) in [5.74, 6) is 0.0389. The Bertz CT molecular complexity index is 355. The van der Waals surface area contributed by atoms with Gasteiger partial charge in [-0.1, -0.05) is 29.8 Å². The lowest BCUT2D eigenvalue weighted by atomic mass is 10.2. The summed E-state index contributed by atoms with van der Waals surface area (Å²) in [5, 5.41) is 3.50. The number of amides is 1. The van der Waals surface area contributed by atoms with Crippen molar-refractivity contribution in [2.75, 3.05) is 20.1 Å². The number of benzene rings is 1. The molecular weight excluding hydrogens is 224 g/mol. The quantitative estimate of drug-likeness (QED) is 0.853. The molecule has 0 radical (unpaired) electrons. The van der Waals surface area contributed by atoms with Gasteiger partial charge in [0.05, 0.1) is 6.54 Å². The van der Waals surface area contributed by atoms with Crippen LogP contribution in [-0.4, -0.2) is 30.9 Å². The van der Waals surface area contributed by atoms with Gasteiger partial charge < -0.3 is 5.32 Å². The normalized spacial score (nSPS) is 10.5. The van der Waals surface area contributed by atoms with Crippen LogP contribution in [0.4, 0.5) is 0 Å². The molecule has 3 nitrogen and oxygen atoms in total. The maximum atomic E-state index is 11.3. The van der Waals surface area contributed by atoms with Gasteiger partial charge in [0.2, 0.25) is 5.91 Å². The predicted molar refractivity (Wildman–Crippen MR) is 66.5 cm³/mol. The molecule has 1 rings (SSSR count). The highest BCUT2D eigenvalue weighted by Gasteiger charge is 2.07. The molecule has 1 aromatic rings. The van der Waals surface area contributed by atoms with Crippen LogP contribution in [0.2, 0.25) is 5.02 Å². The number of carbonyl (C=O) groups excluding carboxylic acids is 1. The molecule has 0 aromatic heterocycles. The van der Waals surface area contributed by atoms with Gasteiger partial charge in [-0.25, -0.2) is 0 Å². The van der Waals surface area contributed by atoms with Crippen LogP contribution in [0.3, 0.4) is 0 Å². The first kappa shape index (κ1) is 13.0. The van der Waals surface area contributed by atoms with Crippen molar-refractivity contribution >= 4 is 17.5 Å². The Morgan fingerprint density at radius 1 is 1.44 bits per heavy atom. The number of halogens is 1. The first-order valence-electron chi connectivity index (χ1n) is 5.32. The van der Waals surface area contributed by atoms with Gasteiger partial charge in [-0.2, -0.15) is 0 Å². The van der Waals surface area contributed by atoms with Crippen LogP contribution < -0.4 is 5.32 Å². The van der Waals surface area contributed by atoms with E-state index >= 15 is 0 Å². The predicted octanol–water partition coefficient (Wildman–Crippen LogP) is 1.91. The Balaban J connectivity index is 2.48. The number of hydrogen-bond donors (Lipinski definition) is 1. The van der Waals surface area contributed by atoms with Crippen LogP contribution >= 0.6 is 11.6 Å². The van der Waals surface area contributed by atoms with Crippen LogP contribution in [-0.2, 0) is 11.3 Å². The third-order valence-electron chi connectivity index (χ3n) is 2.19. The first-order valence-corrected chi connectivity index (χ1v) is 5.70. The number of likely N-dealkylation sites (N-methyl/N-ethyl adjacent to an activating group) is 2. The lowest BCUT2D eigenvalue weighted by Gasteiger charge is -2.16. The highest BCUT2D eigenvalue weighted by molar-refractivity contribution is 6.31. The van der Waals surface area contributed by atoms with Crippen LogP contribution in [0.5, 0.6) is 0 Å². The molecule has 0 fully saturated rings. The largest absolute Gasteiger partial charge is 0.355 e. The van der Waals surface area contributed by atoms with E-state index in [2.05, 4.69) is 5.32 Å². The lowest BCUT2D eigenvalue weighted by Crippen LogP contribution is -2.34. The summed E-state index contributed by atoms with van der Waals surface area (Å²) < 4.78 is 0. The average molecular weight is 241 g/mol. The summed E-state index contributed by atoms with van der Waals surface area (Å²) in [6, 6.07) is 7.67. The van der Waals surface area contributed by atoms with Crippen LogP contribution in [0.25, 0.3) is 0 Å². The molecule has 0 heterocycles. The summed E-state index contributed by atoms with van der Waals surface area (Å²) in [7, 11) is 1.90. The fraction of sp³-hybridized carbons (Fsp3) is 0.417. The zero-order chi connectivity index (χ0) is 12.0. The topological polar surface area (TPSA) is 32.3 Å². The second kappa shape index (κ2) is 6.51. The monoisotopic (exact) mass is 240 g/mol. The fourth-order valence-corrected chi connectivity index (χ4v) is 1.67. The number of hydrogen-bond acceptors (Lipinski definition) is 2. The number of rotatable bonds is 5. The molecule has 0 aliphatic rings. The molecule has 1 amide bonds. The van der Waals surface area contributed by atoms with E-state index < -0.39 is 0 Å². The SMILES string of the molecule is CCNC(=O)CN(C)Cc1ccccc1Cl. The summed E-state index contributed by atoms with van der Waals surface area (Å²) in [5.41, 5.74) is 1.04. The fourth-order valence-electron chi connectivity index (χ4n) is 1.47. The van der Waals surface area contributed by atoms with Gasteiger partial charge in [0, 0.05) is 18.1 Å². The van der Waals surface area contributed by atoms with Crippen LogP contribution in [0.1, 0.15) is 12.5 Å². The second-order valence-electron chi connectivity index (χ2n) is 3.72. The van der Waals surface area contributed by atoms with Crippen molar-refractivity contribution in [1.29, 1.82) is 0 Å². The molecule has 88 valence electrons. The van der Waals surface area contributed by atoms with Crippen molar-refractivity contribution < 1.29 is 4.79 Å². The number of carbonyl (C=O) groups is 1. The molecule has 1 aromatic carbocycles. The number of nitrogens with zero attached hydrogens (tertiary/aromatic N) is 1. The molecule has 4 heteroatoms. The minimum absolute atomic E-state index is 0.0389. The zero-order valence-electron chi connectivity index (χ0n) is 9.66. The van der Waals surface area contributed by atoms with E-state index in [1.54, 1.807) is 0 Å². The second-order valence-corrected chi connectivity index (χ2v) is 4.12. The Kier molecular flexibility index (Phi) is 5.29. The van der Waals surface area contributed by atoms with Crippen molar-refractivity contribution in [2.24, 2.45) is 0 Å². The van der Waals surface area contributed by atoms with Crippen molar-refractivity contribution in [3.8, 4) is 0 Å². The molecule has 1 N–H and O–H groups in total. The molecule has 0 atom stereocenters. The van der Waals surface area contributed by atoms with Crippen molar-refractivity contribution in [3.63, 3.8) is 0 Å². The van der Waals surface area contributed by atoms with Gasteiger partial charge in [0.1, 0.15) is 0 Å². The maximum absolute atomic E-state index is 11.3. The van der Waals surface area contributed by atoms with Gasteiger partial charge in [-0.3, -0.25) is 9.69 Å². The van der Waals surface area contributed by atoms with E-state index in [1.165, 1.54) is 0 Å². The molecule has 0 unspecified atom stereocenters. The maximum Gasteiger partial charge on any atom is 0.234 e. The van der Waals surface area contributed by atoms with E-state index in [4.69, 9.17) is 11.6 Å². The number of nitrogens with one attached hydrogen (secondary N) is 1. The third-order valence-corrected chi connectivity index (χ3v) is 2.55. The Morgan fingerprint density at radius 2 is 2.12 bits per heavy atom. The lowest BCUT2D eigenvalue weighted by molar-refractivity contribution is -0.121. The molecule has 0 saturated heterocycles. The molecule has 0 aliphatic carbocycles. The van der Waals surface area contributed by atoms with Crippen molar-refractivity contribution in [2.45, 2.75) is 13.5 Å². The van der Waals surface area contributed by atoms with Gasteiger partial charge >= 0.3 is 0 Å². The summed E-state index contributed by atoms with van der Waals surface area (Å²) in [4.78, 5) is 13.3. The third kappa shape index (κ3) is 4.21. The van der Waals surface area contributed by atoms with Gasteiger partial charge in [-0.05, 0) is 25.6 Å². The molecule has 0 bridgehead atoms. The highest BCUT2D eigenvalue weighted by Crippen LogP contribution is 2.16. The molecule has 16 heavy (non-hydrogen) atoms. The minimum atomic E-state index is 0.0389. The van der Waals surface area contributed by atoms with E-state index in [9.17, 15) is 4.79 Å². The van der Waals surface area contributed by atoms with E-state index in [1.807, 2.05) is 43.1 Å². The van der Waals surface area contributed by atoms with E-state index in [0.29, 0.717) is 19.6 Å².